The number of hydrogen-bond acceptors (Lipinski definition) is 4. The molecule has 0 spiro atoms. The van der Waals surface area contributed by atoms with E-state index >= 15 is 0 Å². The van der Waals surface area contributed by atoms with Gasteiger partial charge >= 0.3 is 8.80 Å². The summed E-state index contributed by atoms with van der Waals surface area (Å²) in [6, 6.07) is 10.3. The Kier molecular flexibility index (Phi) is 7.83. The Morgan fingerprint density at radius 2 is 1.44 bits per heavy atom. The predicted molar refractivity (Wildman–Crippen MR) is 68.1 cm³/mol. The second kappa shape index (κ2) is 8.29. The summed E-state index contributed by atoms with van der Waals surface area (Å²) in [5.74, 6) is 0. The summed E-state index contributed by atoms with van der Waals surface area (Å²) >= 11 is 0. The van der Waals surface area contributed by atoms with Crippen LogP contribution >= 0.6 is 0 Å². The summed E-state index contributed by atoms with van der Waals surface area (Å²) in [5, 5.41) is 0. The second-order valence-corrected chi connectivity index (χ2v) is 6.36. The standard InChI is InChI=1S/C6H7N.C5H14O3Si/c7-6-4-2-1-3-5-6;1-5-9(6-2,7-3)8-4/h1-5H,7H2;5H2,1-4H3. The minimum atomic E-state index is -2.19. The number of hydrogen-bond donors (Lipinski definition) is 1. The van der Waals surface area contributed by atoms with Gasteiger partial charge in [-0.15, -0.1) is 0 Å². The van der Waals surface area contributed by atoms with E-state index in [2.05, 4.69) is 0 Å². The lowest BCUT2D eigenvalue weighted by atomic mass is 10.3. The zero-order valence-corrected chi connectivity index (χ0v) is 11.4. The Balaban J connectivity index is 0.000000288. The normalized spacial score (nSPS) is 10.5. The highest BCUT2D eigenvalue weighted by molar-refractivity contribution is 6.60. The third-order valence-electron chi connectivity index (χ3n) is 2.17. The van der Waals surface area contributed by atoms with Crippen molar-refractivity contribution in [2.75, 3.05) is 27.1 Å². The molecule has 0 aromatic heterocycles. The Morgan fingerprint density at radius 1 is 1.00 bits per heavy atom. The molecule has 0 fully saturated rings. The summed E-state index contributed by atoms with van der Waals surface area (Å²) in [7, 11) is 2.65. The molecule has 0 saturated heterocycles. The molecule has 4 nitrogen and oxygen atoms in total. The van der Waals surface area contributed by atoms with Gasteiger partial charge in [0.25, 0.3) is 0 Å². The van der Waals surface area contributed by atoms with Crippen LogP contribution in [-0.4, -0.2) is 30.1 Å². The van der Waals surface area contributed by atoms with Gasteiger partial charge in [0.1, 0.15) is 0 Å². The van der Waals surface area contributed by atoms with Crippen LogP contribution in [0.25, 0.3) is 0 Å². The molecule has 0 bridgehead atoms. The van der Waals surface area contributed by atoms with Crippen molar-refractivity contribution in [2.24, 2.45) is 0 Å². The van der Waals surface area contributed by atoms with E-state index in [0.717, 1.165) is 11.7 Å². The highest BCUT2D eigenvalue weighted by Crippen LogP contribution is 2.10. The van der Waals surface area contributed by atoms with E-state index in [9.17, 15) is 0 Å². The molecule has 92 valence electrons. The first-order chi connectivity index (χ1) is 7.64. The molecule has 1 aromatic carbocycles. The molecule has 0 aliphatic carbocycles. The zero-order chi connectivity index (χ0) is 12.4. The number of rotatable bonds is 4. The van der Waals surface area contributed by atoms with E-state index in [-0.39, 0.29) is 0 Å². The van der Waals surface area contributed by atoms with Crippen LogP contribution in [0.3, 0.4) is 0 Å². The average molecular weight is 243 g/mol. The summed E-state index contributed by atoms with van der Waals surface area (Å²) in [4.78, 5) is 0. The van der Waals surface area contributed by atoms with Crippen molar-refractivity contribution in [3.63, 3.8) is 0 Å². The smallest absolute Gasteiger partial charge is 0.399 e. The van der Waals surface area contributed by atoms with Crippen molar-refractivity contribution in [3.8, 4) is 0 Å². The van der Waals surface area contributed by atoms with Gasteiger partial charge in [0.05, 0.1) is 0 Å². The third kappa shape index (κ3) is 5.27. The minimum absolute atomic E-state index is 0.816. The van der Waals surface area contributed by atoms with E-state index in [1.165, 1.54) is 0 Å². The molecular formula is C11H21NO3Si. The minimum Gasteiger partial charge on any atom is -0.399 e. The molecule has 0 aliphatic heterocycles. The third-order valence-corrected chi connectivity index (χ3v) is 4.90. The van der Waals surface area contributed by atoms with Crippen LogP contribution in [0.1, 0.15) is 6.92 Å². The highest BCUT2D eigenvalue weighted by Gasteiger charge is 2.34. The van der Waals surface area contributed by atoms with Gasteiger partial charge in [-0.3, -0.25) is 0 Å². The average Bonchev–Trinajstić information content (AvgIpc) is 2.35. The summed E-state index contributed by atoms with van der Waals surface area (Å²) in [5.41, 5.74) is 6.18. The molecule has 0 saturated carbocycles. The van der Waals surface area contributed by atoms with Gasteiger partial charge in [0.2, 0.25) is 0 Å². The van der Waals surface area contributed by atoms with Gasteiger partial charge in [0.15, 0.2) is 0 Å². The van der Waals surface area contributed by atoms with Crippen molar-refractivity contribution >= 4 is 14.5 Å². The maximum Gasteiger partial charge on any atom is 0.499 e. The summed E-state index contributed by atoms with van der Waals surface area (Å²) in [6.07, 6.45) is 0. The van der Waals surface area contributed by atoms with Crippen LogP contribution in [0.5, 0.6) is 0 Å². The highest BCUT2D eigenvalue weighted by atomic mass is 28.4. The summed E-state index contributed by atoms with van der Waals surface area (Å²) in [6.45, 7) is 1.99. The molecule has 16 heavy (non-hydrogen) atoms. The number of anilines is 1. The van der Waals surface area contributed by atoms with Gasteiger partial charge in [-0.05, 0) is 12.1 Å². The maximum absolute atomic E-state index is 5.36. The van der Waals surface area contributed by atoms with E-state index in [0.29, 0.717) is 0 Å². The number of benzene rings is 1. The van der Waals surface area contributed by atoms with Crippen molar-refractivity contribution in [1.82, 2.24) is 0 Å². The Bertz CT molecular complexity index is 248. The second-order valence-electron chi connectivity index (χ2n) is 3.06. The largest absolute Gasteiger partial charge is 0.499 e. The SMILES string of the molecule is CC[Si](OC)(OC)OC.Nc1ccccc1. The first-order valence-corrected chi connectivity index (χ1v) is 7.03. The topological polar surface area (TPSA) is 53.7 Å². The fraction of sp³-hybridized carbons (Fsp3) is 0.455. The molecule has 5 heteroatoms. The van der Waals surface area contributed by atoms with Crippen LogP contribution < -0.4 is 5.73 Å². The monoisotopic (exact) mass is 243 g/mol. The zero-order valence-electron chi connectivity index (χ0n) is 10.4. The maximum atomic E-state index is 5.36. The van der Waals surface area contributed by atoms with Gasteiger partial charge in [0, 0.05) is 33.1 Å². The molecule has 1 rings (SSSR count). The lowest BCUT2D eigenvalue weighted by Gasteiger charge is -2.22. The van der Waals surface area contributed by atoms with Crippen molar-refractivity contribution in [3.05, 3.63) is 30.3 Å². The molecule has 0 atom stereocenters. The molecule has 0 unspecified atom stereocenters. The van der Waals surface area contributed by atoms with Gasteiger partial charge in [-0.1, -0.05) is 25.1 Å². The lowest BCUT2D eigenvalue weighted by molar-refractivity contribution is 0.125. The first kappa shape index (κ1) is 15.1. The van der Waals surface area contributed by atoms with Crippen molar-refractivity contribution in [2.45, 2.75) is 13.0 Å². The summed E-state index contributed by atoms with van der Waals surface area (Å²) < 4.78 is 15.2. The van der Waals surface area contributed by atoms with E-state index in [4.69, 9.17) is 19.0 Å². The van der Waals surface area contributed by atoms with Crippen LogP contribution in [0.2, 0.25) is 6.04 Å². The molecular weight excluding hydrogens is 222 g/mol. The first-order valence-electron chi connectivity index (χ1n) is 5.10. The fourth-order valence-corrected chi connectivity index (χ4v) is 2.50. The molecule has 0 aliphatic rings. The van der Waals surface area contributed by atoms with E-state index in [1.807, 2.05) is 37.3 Å². The molecule has 2 N–H and O–H groups in total. The number of para-hydroxylation sites is 1. The Hall–Kier alpha value is -0.883. The van der Waals surface area contributed by atoms with Gasteiger partial charge in [-0.25, -0.2) is 0 Å². The Labute approximate surface area is 98.7 Å². The predicted octanol–water partition coefficient (Wildman–Crippen LogP) is 2.15. The van der Waals surface area contributed by atoms with Crippen LogP contribution in [-0.2, 0) is 13.3 Å². The Morgan fingerprint density at radius 3 is 1.56 bits per heavy atom. The van der Waals surface area contributed by atoms with Crippen LogP contribution in [0.15, 0.2) is 30.3 Å². The van der Waals surface area contributed by atoms with E-state index < -0.39 is 8.80 Å². The van der Waals surface area contributed by atoms with Crippen LogP contribution in [0.4, 0.5) is 5.69 Å². The van der Waals surface area contributed by atoms with Crippen molar-refractivity contribution < 1.29 is 13.3 Å². The number of nitrogen functional groups attached to an aromatic ring is 1. The van der Waals surface area contributed by atoms with E-state index in [1.54, 1.807) is 21.3 Å². The number of nitrogens with two attached hydrogens (primary N) is 1. The molecule has 0 radical (unpaired) electrons. The quantitative estimate of drug-likeness (QED) is 0.650. The fourth-order valence-electron chi connectivity index (χ4n) is 1.14. The molecule has 1 aromatic rings. The molecule has 0 heterocycles. The van der Waals surface area contributed by atoms with Gasteiger partial charge in [-0.2, -0.15) is 0 Å². The lowest BCUT2D eigenvalue weighted by Crippen LogP contribution is -2.41. The molecule has 0 amide bonds. The van der Waals surface area contributed by atoms with Gasteiger partial charge < -0.3 is 19.0 Å². The van der Waals surface area contributed by atoms with Crippen LogP contribution in [0, 0.1) is 0 Å². The van der Waals surface area contributed by atoms with Crippen molar-refractivity contribution in [1.29, 1.82) is 0 Å².